The molecule has 0 saturated carbocycles. The van der Waals surface area contributed by atoms with Gasteiger partial charge in [-0.1, -0.05) is 25.7 Å². The Morgan fingerprint density at radius 2 is 2.14 bits per heavy atom. The first-order valence-corrected chi connectivity index (χ1v) is 8.32. The van der Waals surface area contributed by atoms with Gasteiger partial charge in [-0.3, -0.25) is 0 Å². The lowest BCUT2D eigenvalue weighted by Gasteiger charge is -2.29. The molecule has 0 bridgehead atoms. The predicted molar refractivity (Wildman–Crippen MR) is 91.5 cm³/mol. The Balaban J connectivity index is 2.81. The first-order valence-electron chi connectivity index (χ1n) is 8.32. The highest BCUT2D eigenvalue weighted by Crippen LogP contribution is 2.21. The van der Waals surface area contributed by atoms with Crippen LogP contribution < -0.4 is 5.32 Å². The molecule has 22 heavy (non-hydrogen) atoms. The van der Waals surface area contributed by atoms with Gasteiger partial charge in [-0.15, -0.1) is 0 Å². The molecule has 1 saturated heterocycles. The number of ether oxygens (including phenoxy) is 1. The van der Waals surface area contributed by atoms with Crippen LogP contribution in [-0.4, -0.2) is 44.3 Å². The Kier molecular flexibility index (Phi) is 9.09. The fourth-order valence-corrected chi connectivity index (χ4v) is 2.74. The molecular weight excluding hydrogens is 279 g/mol. The number of nitrogens with one attached hydrogen (secondary N) is 1. The number of nitrogens with zero attached hydrogens (tertiary/aromatic N) is 1. The summed E-state index contributed by atoms with van der Waals surface area (Å²) in [6, 6.07) is 0. The van der Waals surface area contributed by atoms with Crippen LogP contribution in [0.3, 0.4) is 0 Å². The molecule has 4 heteroatoms. The van der Waals surface area contributed by atoms with Crippen LogP contribution in [0.5, 0.6) is 0 Å². The minimum Gasteiger partial charge on any atom is -0.377 e. The van der Waals surface area contributed by atoms with E-state index in [-0.39, 0.29) is 11.9 Å². The lowest BCUT2D eigenvalue weighted by molar-refractivity contribution is 0.149. The minimum atomic E-state index is -0.0544. The highest BCUT2D eigenvalue weighted by molar-refractivity contribution is 5.23. The van der Waals surface area contributed by atoms with Crippen molar-refractivity contribution < 1.29 is 9.13 Å². The average Bonchev–Trinajstić information content (AvgIpc) is 2.50. The summed E-state index contributed by atoms with van der Waals surface area (Å²) in [6.07, 6.45) is 6.87. The third-order valence-corrected chi connectivity index (χ3v) is 4.20. The SMILES string of the molecule is C=C/C(=C\C/C(F)=C(\CC)N1CCCCNCC1)C(C)OC. The van der Waals surface area contributed by atoms with Crippen LogP contribution in [-0.2, 0) is 4.74 Å². The van der Waals surface area contributed by atoms with Crippen molar-refractivity contribution in [2.75, 3.05) is 33.3 Å². The molecule has 126 valence electrons. The smallest absolute Gasteiger partial charge is 0.123 e. The van der Waals surface area contributed by atoms with Gasteiger partial charge < -0.3 is 15.0 Å². The summed E-state index contributed by atoms with van der Waals surface area (Å²) in [4.78, 5) is 2.20. The first-order chi connectivity index (χ1) is 10.6. The second-order valence-corrected chi connectivity index (χ2v) is 5.64. The Morgan fingerprint density at radius 3 is 2.77 bits per heavy atom. The van der Waals surface area contributed by atoms with Gasteiger partial charge in [0, 0.05) is 38.9 Å². The maximum absolute atomic E-state index is 14.6. The lowest BCUT2D eigenvalue weighted by atomic mass is 10.1. The standard InChI is InChI=1S/C18H31FN2O/c1-5-16(15(3)22-4)9-10-17(19)18(6-2)21-13-8-7-11-20-12-14-21/h5,9,15,20H,1,6-8,10-14H2,2-4H3/b16-9+,18-17-. The summed E-state index contributed by atoms with van der Waals surface area (Å²) in [5.74, 6) is -0.0364. The van der Waals surface area contributed by atoms with Crippen LogP contribution >= 0.6 is 0 Å². The highest BCUT2D eigenvalue weighted by Gasteiger charge is 2.14. The van der Waals surface area contributed by atoms with Crippen LogP contribution in [0.1, 0.15) is 39.5 Å². The summed E-state index contributed by atoms with van der Waals surface area (Å²) < 4.78 is 19.9. The molecule has 0 amide bonds. The molecule has 1 aliphatic rings. The largest absolute Gasteiger partial charge is 0.377 e. The summed E-state index contributed by atoms with van der Waals surface area (Å²) in [5, 5.41) is 3.39. The Bertz CT molecular complexity index is 396. The molecule has 1 N–H and O–H groups in total. The van der Waals surface area contributed by atoms with E-state index in [4.69, 9.17) is 4.74 Å². The molecule has 1 aliphatic heterocycles. The molecule has 1 fully saturated rings. The molecule has 0 spiro atoms. The molecule has 3 nitrogen and oxygen atoms in total. The number of halogens is 1. The monoisotopic (exact) mass is 310 g/mol. The molecule has 0 aromatic heterocycles. The van der Waals surface area contributed by atoms with Crippen molar-refractivity contribution in [3.8, 4) is 0 Å². The first kappa shape index (κ1) is 18.9. The van der Waals surface area contributed by atoms with E-state index in [9.17, 15) is 4.39 Å². The van der Waals surface area contributed by atoms with Crippen molar-refractivity contribution in [3.63, 3.8) is 0 Å². The zero-order valence-corrected chi connectivity index (χ0v) is 14.3. The van der Waals surface area contributed by atoms with Crippen LogP contribution in [0, 0.1) is 0 Å². The molecular formula is C18H31FN2O. The van der Waals surface area contributed by atoms with Gasteiger partial charge in [-0.2, -0.15) is 0 Å². The average molecular weight is 310 g/mol. The van der Waals surface area contributed by atoms with E-state index in [2.05, 4.69) is 16.8 Å². The van der Waals surface area contributed by atoms with Gasteiger partial charge in [0.05, 0.1) is 6.10 Å². The van der Waals surface area contributed by atoms with Crippen LogP contribution in [0.25, 0.3) is 0 Å². The highest BCUT2D eigenvalue weighted by atomic mass is 19.1. The molecule has 0 aromatic rings. The number of rotatable bonds is 7. The van der Waals surface area contributed by atoms with Crippen molar-refractivity contribution in [3.05, 3.63) is 35.8 Å². The van der Waals surface area contributed by atoms with Crippen molar-refractivity contribution >= 4 is 0 Å². The van der Waals surface area contributed by atoms with Gasteiger partial charge in [0.25, 0.3) is 0 Å². The van der Waals surface area contributed by atoms with Gasteiger partial charge in [0.15, 0.2) is 0 Å². The van der Waals surface area contributed by atoms with Crippen molar-refractivity contribution in [1.82, 2.24) is 10.2 Å². The third-order valence-electron chi connectivity index (χ3n) is 4.20. The summed E-state index contributed by atoms with van der Waals surface area (Å²) in [6.45, 7) is 11.6. The van der Waals surface area contributed by atoms with E-state index >= 15 is 0 Å². The van der Waals surface area contributed by atoms with Crippen molar-refractivity contribution in [2.45, 2.75) is 45.6 Å². The number of hydrogen-bond acceptors (Lipinski definition) is 3. The second-order valence-electron chi connectivity index (χ2n) is 5.64. The molecule has 0 aromatic carbocycles. The van der Waals surface area contributed by atoms with Gasteiger partial charge in [0.2, 0.25) is 0 Å². The Hall–Kier alpha value is -1.13. The van der Waals surface area contributed by atoms with E-state index in [1.54, 1.807) is 13.2 Å². The quantitative estimate of drug-likeness (QED) is 0.724. The van der Waals surface area contributed by atoms with E-state index in [0.717, 1.165) is 56.7 Å². The van der Waals surface area contributed by atoms with Gasteiger partial charge >= 0.3 is 0 Å². The normalized spacial score (nSPS) is 20.0. The van der Waals surface area contributed by atoms with Gasteiger partial charge in [0.1, 0.15) is 5.83 Å². The van der Waals surface area contributed by atoms with E-state index in [0.29, 0.717) is 6.42 Å². The fraction of sp³-hybridized carbons (Fsp3) is 0.667. The molecule has 0 aliphatic carbocycles. The van der Waals surface area contributed by atoms with Crippen LogP contribution in [0.4, 0.5) is 4.39 Å². The summed E-state index contributed by atoms with van der Waals surface area (Å²) >= 11 is 0. The molecule has 1 rings (SSSR count). The predicted octanol–water partition coefficient (Wildman–Crippen LogP) is 3.80. The fourth-order valence-electron chi connectivity index (χ4n) is 2.74. The zero-order chi connectivity index (χ0) is 16.4. The molecule has 1 atom stereocenters. The van der Waals surface area contributed by atoms with Crippen LogP contribution in [0.15, 0.2) is 35.8 Å². The number of methoxy groups -OCH3 is 1. The van der Waals surface area contributed by atoms with Crippen molar-refractivity contribution in [2.24, 2.45) is 0 Å². The number of allylic oxidation sites excluding steroid dienone is 3. The van der Waals surface area contributed by atoms with Gasteiger partial charge in [-0.05, 0) is 38.3 Å². The van der Waals surface area contributed by atoms with Gasteiger partial charge in [-0.25, -0.2) is 4.39 Å². The van der Waals surface area contributed by atoms with E-state index in [1.807, 2.05) is 19.9 Å². The maximum atomic E-state index is 14.6. The zero-order valence-electron chi connectivity index (χ0n) is 14.3. The molecule has 1 unspecified atom stereocenters. The Morgan fingerprint density at radius 1 is 1.36 bits per heavy atom. The minimum absolute atomic E-state index is 0.0364. The van der Waals surface area contributed by atoms with E-state index < -0.39 is 0 Å². The third kappa shape index (κ3) is 5.93. The van der Waals surface area contributed by atoms with E-state index in [1.165, 1.54) is 0 Å². The lowest BCUT2D eigenvalue weighted by Crippen LogP contribution is -2.35. The van der Waals surface area contributed by atoms with Crippen molar-refractivity contribution in [1.29, 1.82) is 0 Å². The summed E-state index contributed by atoms with van der Waals surface area (Å²) in [5.41, 5.74) is 1.77. The topological polar surface area (TPSA) is 24.5 Å². The molecule has 1 heterocycles. The second kappa shape index (κ2) is 10.6. The molecule has 0 radical (unpaired) electrons. The summed E-state index contributed by atoms with van der Waals surface area (Å²) in [7, 11) is 1.65. The van der Waals surface area contributed by atoms with Crippen LogP contribution in [0.2, 0.25) is 0 Å². The Labute approximate surface area is 134 Å². The maximum Gasteiger partial charge on any atom is 0.123 e. The number of hydrogen-bond donors (Lipinski definition) is 1.